The molecule has 8 heteroatoms. The number of hydrogen-bond donors (Lipinski definition) is 1. The Hall–Kier alpha value is -2.22. The molecule has 158 valence electrons. The Morgan fingerprint density at radius 2 is 1.97 bits per heavy atom. The lowest BCUT2D eigenvalue weighted by Crippen LogP contribution is -2.43. The summed E-state index contributed by atoms with van der Waals surface area (Å²) in [5, 5.41) is 12.7. The first kappa shape index (κ1) is 21.0. The number of benzene rings is 1. The SMILES string of the molecule is CCOC(=O)c1sc2nc(C)nc(N3CCC(O)(c4ccccc4Cl)CC3)c2c1C. The molecule has 6 nitrogen and oxygen atoms in total. The second-order valence-corrected chi connectivity index (χ2v) is 8.96. The summed E-state index contributed by atoms with van der Waals surface area (Å²) in [5.41, 5.74) is 0.651. The van der Waals surface area contributed by atoms with Crippen molar-refractivity contribution in [3.05, 3.63) is 51.1 Å². The third-order valence-corrected chi connectivity index (χ3v) is 7.10. The summed E-state index contributed by atoms with van der Waals surface area (Å²) in [4.78, 5) is 25.1. The molecule has 0 amide bonds. The average molecular weight is 446 g/mol. The number of ether oxygens (including phenoxy) is 1. The number of thiophene rings is 1. The molecule has 0 bridgehead atoms. The summed E-state index contributed by atoms with van der Waals surface area (Å²) in [6.45, 7) is 7.14. The predicted octanol–water partition coefficient (Wildman–Crippen LogP) is 4.63. The molecule has 4 rings (SSSR count). The number of nitrogens with zero attached hydrogens (tertiary/aromatic N) is 3. The number of aromatic nitrogens is 2. The van der Waals surface area contributed by atoms with Gasteiger partial charge in [0.25, 0.3) is 0 Å². The van der Waals surface area contributed by atoms with Gasteiger partial charge in [-0.3, -0.25) is 0 Å². The number of aryl methyl sites for hydroxylation is 2. The second-order valence-electron chi connectivity index (χ2n) is 7.55. The van der Waals surface area contributed by atoms with Gasteiger partial charge in [-0.1, -0.05) is 29.8 Å². The number of rotatable bonds is 4. The van der Waals surface area contributed by atoms with Gasteiger partial charge in [-0.15, -0.1) is 11.3 Å². The Morgan fingerprint density at radius 3 is 2.63 bits per heavy atom. The number of esters is 1. The van der Waals surface area contributed by atoms with Crippen LogP contribution in [0.25, 0.3) is 10.2 Å². The maximum Gasteiger partial charge on any atom is 0.348 e. The number of fused-ring (bicyclic) bond motifs is 1. The van der Waals surface area contributed by atoms with Crippen LogP contribution >= 0.6 is 22.9 Å². The fraction of sp³-hybridized carbons (Fsp3) is 0.409. The van der Waals surface area contributed by atoms with Crippen LogP contribution in [0.4, 0.5) is 5.82 Å². The first-order valence-corrected chi connectivity index (χ1v) is 11.2. The van der Waals surface area contributed by atoms with Crippen molar-refractivity contribution in [2.24, 2.45) is 0 Å². The molecule has 0 aliphatic carbocycles. The van der Waals surface area contributed by atoms with Gasteiger partial charge in [-0.25, -0.2) is 14.8 Å². The normalized spacial score (nSPS) is 16.1. The van der Waals surface area contributed by atoms with Gasteiger partial charge in [0.05, 0.1) is 17.6 Å². The van der Waals surface area contributed by atoms with Crippen LogP contribution < -0.4 is 4.90 Å². The summed E-state index contributed by atoms with van der Waals surface area (Å²) in [6, 6.07) is 7.46. The first-order valence-electron chi connectivity index (χ1n) is 10.0. The molecule has 0 atom stereocenters. The van der Waals surface area contributed by atoms with Gasteiger partial charge >= 0.3 is 5.97 Å². The number of halogens is 1. The van der Waals surface area contributed by atoms with E-state index >= 15 is 0 Å². The highest BCUT2D eigenvalue weighted by Crippen LogP contribution is 2.41. The van der Waals surface area contributed by atoms with Crippen LogP contribution in [0.2, 0.25) is 5.02 Å². The summed E-state index contributed by atoms with van der Waals surface area (Å²) in [5.74, 6) is 1.14. The third-order valence-electron chi connectivity index (χ3n) is 5.61. The molecule has 1 aliphatic heterocycles. The van der Waals surface area contributed by atoms with Crippen molar-refractivity contribution in [3.8, 4) is 0 Å². The van der Waals surface area contributed by atoms with E-state index in [1.54, 1.807) is 6.92 Å². The lowest BCUT2D eigenvalue weighted by molar-refractivity contribution is 0.0118. The van der Waals surface area contributed by atoms with Gasteiger partial charge in [0, 0.05) is 23.7 Å². The van der Waals surface area contributed by atoms with E-state index in [-0.39, 0.29) is 5.97 Å². The van der Waals surface area contributed by atoms with Crippen LogP contribution in [0.3, 0.4) is 0 Å². The molecule has 1 aliphatic rings. The van der Waals surface area contributed by atoms with Crippen molar-refractivity contribution in [3.63, 3.8) is 0 Å². The largest absolute Gasteiger partial charge is 0.462 e. The van der Waals surface area contributed by atoms with Crippen molar-refractivity contribution in [2.45, 2.75) is 39.2 Å². The maximum atomic E-state index is 12.4. The lowest BCUT2D eigenvalue weighted by Gasteiger charge is -2.39. The Labute approximate surface area is 184 Å². The van der Waals surface area contributed by atoms with Crippen LogP contribution in [0.5, 0.6) is 0 Å². The zero-order valence-corrected chi connectivity index (χ0v) is 18.8. The van der Waals surface area contributed by atoms with E-state index in [4.69, 9.17) is 21.3 Å². The van der Waals surface area contributed by atoms with Gasteiger partial charge in [0.2, 0.25) is 0 Å². The van der Waals surface area contributed by atoms with Gasteiger partial charge in [0.1, 0.15) is 21.3 Å². The van der Waals surface area contributed by atoms with E-state index in [1.165, 1.54) is 11.3 Å². The molecule has 1 aromatic carbocycles. The minimum absolute atomic E-state index is 0.326. The first-order chi connectivity index (χ1) is 14.3. The fourth-order valence-corrected chi connectivity index (χ4v) is 5.46. The molecule has 1 saturated heterocycles. The highest BCUT2D eigenvalue weighted by molar-refractivity contribution is 7.20. The molecule has 30 heavy (non-hydrogen) atoms. The molecule has 0 saturated carbocycles. The summed E-state index contributed by atoms with van der Waals surface area (Å²) in [6.07, 6.45) is 1.07. The maximum absolute atomic E-state index is 12.4. The Balaban J connectivity index is 1.67. The van der Waals surface area contributed by atoms with Crippen molar-refractivity contribution >= 4 is 44.9 Å². The molecule has 1 N–H and O–H groups in total. The second kappa shape index (κ2) is 8.13. The van der Waals surface area contributed by atoms with Gasteiger partial charge in [-0.2, -0.15) is 0 Å². The van der Waals surface area contributed by atoms with Crippen molar-refractivity contribution in [1.29, 1.82) is 0 Å². The van der Waals surface area contributed by atoms with E-state index in [0.29, 0.717) is 48.3 Å². The van der Waals surface area contributed by atoms with Gasteiger partial charge < -0.3 is 14.7 Å². The van der Waals surface area contributed by atoms with Crippen LogP contribution in [-0.4, -0.2) is 40.7 Å². The lowest BCUT2D eigenvalue weighted by atomic mass is 9.84. The van der Waals surface area contributed by atoms with E-state index in [9.17, 15) is 9.90 Å². The summed E-state index contributed by atoms with van der Waals surface area (Å²) in [7, 11) is 0. The molecular formula is C22H24ClN3O3S. The molecule has 3 aromatic rings. The number of anilines is 1. The minimum atomic E-state index is -0.962. The van der Waals surface area contributed by atoms with Crippen LogP contribution in [0, 0.1) is 13.8 Å². The van der Waals surface area contributed by atoms with Crippen LogP contribution in [0.1, 0.15) is 46.4 Å². The van der Waals surface area contributed by atoms with E-state index in [1.807, 2.05) is 38.1 Å². The average Bonchev–Trinajstić information content (AvgIpc) is 3.05. The van der Waals surface area contributed by atoms with E-state index in [2.05, 4.69) is 9.88 Å². The zero-order valence-electron chi connectivity index (χ0n) is 17.2. The Bertz CT molecular complexity index is 1110. The Morgan fingerprint density at radius 1 is 1.27 bits per heavy atom. The van der Waals surface area contributed by atoms with Crippen molar-refractivity contribution in [2.75, 3.05) is 24.6 Å². The number of carbonyl (C=O) groups is 1. The van der Waals surface area contributed by atoms with Crippen LogP contribution in [-0.2, 0) is 10.3 Å². The Kier molecular flexibility index (Phi) is 5.70. The third kappa shape index (κ3) is 3.66. The molecule has 0 radical (unpaired) electrons. The van der Waals surface area contributed by atoms with Crippen molar-refractivity contribution < 1.29 is 14.6 Å². The van der Waals surface area contributed by atoms with Crippen molar-refractivity contribution in [1.82, 2.24) is 9.97 Å². The quantitative estimate of drug-likeness (QED) is 0.590. The zero-order chi connectivity index (χ0) is 21.5. The molecule has 0 unspecified atom stereocenters. The number of carbonyl (C=O) groups excluding carboxylic acids is 1. The predicted molar refractivity (Wildman–Crippen MR) is 120 cm³/mol. The molecule has 1 fully saturated rings. The molecular weight excluding hydrogens is 422 g/mol. The highest BCUT2D eigenvalue weighted by atomic mass is 35.5. The molecule has 3 heterocycles. The monoisotopic (exact) mass is 445 g/mol. The fourth-order valence-electron chi connectivity index (χ4n) is 4.04. The minimum Gasteiger partial charge on any atom is -0.462 e. The van der Waals surface area contributed by atoms with E-state index in [0.717, 1.165) is 27.2 Å². The summed E-state index contributed by atoms with van der Waals surface area (Å²) < 4.78 is 5.21. The molecule has 2 aromatic heterocycles. The topological polar surface area (TPSA) is 75.5 Å². The van der Waals surface area contributed by atoms with Gasteiger partial charge in [-0.05, 0) is 45.2 Å². The number of piperidine rings is 1. The summed E-state index contributed by atoms with van der Waals surface area (Å²) >= 11 is 7.69. The number of hydrogen-bond acceptors (Lipinski definition) is 7. The standard InChI is InChI=1S/C22H24ClN3O3S/c1-4-29-21(27)18-13(2)17-19(24-14(3)25-20(17)30-18)26-11-9-22(28,10-12-26)15-7-5-6-8-16(15)23/h5-8,28H,4,9-12H2,1-3H3. The van der Waals surface area contributed by atoms with Gasteiger partial charge in [0.15, 0.2) is 0 Å². The molecule has 0 spiro atoms. The smallest absolute Gasteiger partial charge is 0.348 e. The highest BCUT2D eigenvalue weighted by Gasteiger charge is 2.36. The number of aliphatic hydroxyl groups is 1. The van der Waals surface area contributed by atoms with E-state index < -0.39 is 5.60 Å². The van der Waals surface area contributed by atoms with Crippen LogP contribution in [0.15, 0.2) is 24.3 Å².